The second kappa shape index (κ2) is 6.84. The third-order valence-corrected chi connectivity index (χ3v) is 5.16. The summed E-state index contributed by atoms with van der Waals surface area (Å²) in [6, 6.07) is 15.1. The summed E-state index contributed by atoms with van der Waals surface area (Å²) in [7, 11) is 0. The van der Waals surface area contributed by atoms with Crippen molar-refractivity contribution in [1.82, 2.24) is 19.6 Å². The van der Waals surface area contributed by atoms with Gasteiger partial charge in [-0.15, -0.1) is 5.10 Å². The number of nitrogens with zero attached hydrogens (tertiary/aromatic N) is 3. The van der Waals surface area contributed by atoms with Crippen LogP contribution in [0.1, 0.15) is 24.2 Å². The molecule has 4 rings (SSSR count). The lowest BCUT2D eigenvalue weighted by atomic mass is 10.1. The Hall–Kier alpha value is -2.80. The largest absolute Gasteiger partial charge is 0.494 e. The molecule has 0 amide bonds. The van der Waals surface area contributed by atoms with E-state index in [-0.39, 0.29) is 11.0 Å². The molecule has 0 fully saturated rings. The van der Waals surface area contributed by atoms with Gasteiger partial charge in [-0.1, -0.05) is 23.9 Å². The summed E-state index contributed by atoms with van der Waals surface area (Å²) in [5.74, 6) is 1.50. The molecule has 1 N–H and O–H groups in total. The molecule has 0 aliphatic carbocycles. The first kappa shape index (κ1) is 16.7. The maximum Gasteiger partial charge on any atom is 0.231 e. The number of hydrogen-bond acceptors (Lipinski definition) is 5. The number of aromatic nitrogens is 4. The van der Waals surface area contributed by atoms with Gasteiger partial charge < -0.3 is 4.74 Å². The summed E-state index contributed by atoms with van der Waals surface area (Å²) in [4.78, 5) is 17.3. The van der Waals surface area contributed by atoms with Crippen LogP contribution in [-0.4, -0.2) is 37.2 Å². The van der Waals surface area contributed by atoms with Gasteiger partial charge in [0.2, 0.25) is 5.78 Å². The molecule has 1 unspecified atom stereocenters. The fraction of sp³-hybridized carbons (Fsp3) is 0.211. The maximum atomic E-state index is 12.8. The summed E-state index contributed by atoms with van der Waals surface area (Å²) in [5, 5.41) is 7.71. The molecular weight excluding hydrogens is 348 g/mol. The maximum absolute atomic E-state index is 12.8. The first-order chi connectivity index (χ1) is 12.7. The van der Waals surface area contributed by atoms with E-state index in [0.29, 0.717) is 17.9 Å². The van der Waals surface area contributed by atoms with Gasteiger partial charge in [0, 0.05) is 5.56 Å². The monoisotopic (exact) mass is 366 g/mol. The molecule has 6 nitrogen and oxygen atoms in total. The van der Waals surface area contributed by atoms with Crippen LogP contribution in [0.2, 0.25) is 0 Å². The Morgan fingerprint density at radius 2 is 2.00 bits per heavy atom. The average Bonchev–Trinajstić information content (AvgIpc) is 3.22. The summed E-state index contributed by atoms with van der Waals surface area (Å²) < 4.78 is 7.37. The normalized spacial score (nSPS) is 12.5. The van der Waals surface area contributed by atoms with E-state index in [1.165, 1.54) is 11.8 Å². The molecule has 0 aliphatic rings. The van der Waals surface area contributed by atoms with Crippen LogP contribution in [0.25, 0.3) is 16.8 Å². The van der Waals surface area contributed by atoms with Crippen LogP contribution in [0, 0.1) is 0 Å². The van der Waals surface area contributed by atoms with E-state index < -0.39 is 0 Å². The molecule has 0 saturated carbocycles. The molecule has 0 radical (unpaired) electrons. The predicted molar refractivity (Wildman–Crippen MR) is 102 cm³/mol. The van der Waals surface area contributed by atoms with Gasteiger partial charge in [-0.3, -0.25) is 9.20 Å². The van der Waals surface area contributed by atoms with Crippen LogP contribution in [-0.2, 0) is 0 Å². The molecule has 2 heterocycles. The number of benzene rings is 2. The molecule has 0 bridgehead atoms. The van der Waals surface area contributed by atoms with E-state index >= 15 is 0 Å². The van der Waals surface area contributed by atoms with Crippen LogP contribution in [0.5, 0.6) is 5.75 Å². The molecule has 1 atom stereocenters. The minimum absolute atomic E-state index is 0.0543. The van der Waals surface area contributed by atoms with Crippen molar-refractivity contribution in [3.8, 4) is 5.75 Å². The molecular formula is C19H18N4O2S. The van der Waals surface area contributed by atoms with Crippen LogP contribution < -0.4 is 4.74 Å². The predicted octanol–water partition coefficient (Wildman–Crippen LogP) is 3.97. The van der Waals surface area contributed by atoms with Gasteiger partial charge >= 0.3 is 0 Å². The number of imidazole rings is 1. The zero-order valence-corrected chi connectivity index (χ0v) is 15.3. The Balaban J connectivity index is 1.58. The van der Waals surface area contributed by atoms with Crippen LogP contribution >= 0.6 is 11.8 Å². The van der Waals surface area contributed by atoms with E-state index in [2.05, 4.69) is 15.2 Å². The number of thioether (sulfide) groups is 1. The third-order valence-electron chi connectivity index (χ3n) is 4.10. The molecule has 2 aromatic heterocycles. The van der Waals surface area contributed by atoms with Gasteiger partial charge in [0.15, 0.2) is 10.9 Å². The highest BCUT2D eigenvalue weighted by Crippen LogP contribution is 2.28. The van der Waals surface area contributed by atoms with E-state index in [1.54, 1.807) is 12.1 Å². The summed E-state index contributed by atoms with van der Waals surface area (Å²) in [5.41, 5.74) is 2.53. The number of aromatic amines is 1. The average molecular weight is 366 g/mol. The van der Waals surface area contributed by atoms with Crippen LogP contribution in [0.4, 0.5) is 0 Å². The smallest absolute Gasteiger partial charge is 0.231 e. The summed E-state index contributed by atoms with van der Waals surface area (Å²) in [6.45, 7) is 4.43. The number of fused-ring (bicyclic) bond motifs is 3. The first-order valence-electron chi connectivity index (χ1n) is 8.42. The Morgan fingerprint density at radius 3 is 2.77 bits per heavy atom. The van der Waals surface area contributed by atoms with Crippen molar-refractivity contribution < 1.29 is 9.53 Å². The van der Waals surface area contributed by atoms with Gasteiger partial charge in [0.25, 0.3) is 0 Å². The number of nitrogens with one attached hydrogen (secondary N) is 1. The molecule has 132 valence electrons. The number of H-pyrrole nitrogens is 1. The zero-order valence-electron chi connectivity index (χ0n) is 14.5. The van der Waals surface area contributed by atoms with Crippen molar-refractivity contribution in [2.75, 3.05) is 6.61 Å². The van der Waals surface area contributed by atoms with Crippen molar-refractivity contribution >= 4 is 34.4 Å². The summed E-state index contributed by atoms with van der Waals surface area (Å²) >= 11 is 1.42. The van der Waals surface area contributed by atoms with E-state index in [1.807, 2.05) is 54.6 Å². The first-order valence-corrected chi connectivity index (χ1v) is 9.30. The highest BCUT2D eigenvalue weighted by atomic mass is 32.2. The molecule has 7 heteroatoms. The zero-order chi connectivity index (χ0) is 18.1. The standard InChI is InChI=1S/C19H18N4O2S/c1-3-25-14-10-8-13(9-11-14)17(24)12(2)26-19-22-21-18-20-15-6-4-5-7-16(15)23(18)19/h4-12H,3H2,1-2H3,(H,20,21). The fourth-order valence-corrected chi connectivity index (χ4v) is 3.80. The van der Waals surface area contributed by atoms with Crippen molar-refractivity contribution in [2.24, 2.45) is 0 Å². The van der Waals surface area contributed by atoms with Gasteiger partial charge in [-0.2, -0.15) is 0 Å². The Morgan fingerprint density at radius 1 is 1.23 bits per heavy atom. The number of carbonyl (C=O) groups is 1. The number of hydrogen-bond donors (Lipinski definition) is 1. The number of para-hydroxylation sites is 2. The second-order valence-corrected chi connectivity index (χ2v) is 7.16. The van der Waals surface area contributed by atoms with Gasteiger partial charge in [-0.05, 0) is 50.2 Å². The minimum Gasteiger partial charge on any atom is -0.494 e. The lowest BCUT2D eigenvalue weighted by Gasteiger charge is -2.10. The summed E-state index contributed by atoms with van der Waals surface area (Å²) in [6.07, 6.45) is 0. The SMILES string of the molecule is CCOc1ccc(C(=O)C(C)Sc2n[nH]c3nc4ccccc4n23)cc1. The quantitative estimate of drug-likeness (QED) is 0.413. The number of carbonyl (C=O) groups excluding carboxylic acids is 1. The Kier molecular flexibility index (Phi) is 4.38. The lowest BCUT2D eigenvalue weighted by molar-refractivity contribution is 0.0994. The molecule has 2 aromatic carbocycles. The van der Waals surface area contributed by atoms with E-state index in [4.69, 9.17) is 4.74 Å². The molecule has 0 saturated heterocycles. The van der Waals surface area contributed by atoms with Crippen LogP contribution in [0.15, 0.2) is 53.7 Å². The molecule has 4 aromatic rings. The second-order valence-electron chi connectivity index (χ2n) is 5.85. The minimum atomic E-state index is -0.277. The molecule has 26 heavy (non-hydrogen) atoms. The highest BCUT2D eigenvalue weighted by Gasteiger charge is 2.20. The Bertz CT molecular complexity index is 1070. The van der Waals surface area contributed by atoms with Crippen molar-refractivity contribution in [2.45, 2.75) is 24.3 Å². The van der Waals surface area contributed by atoms with E-state index in [0.717, 1.165) is 21.9 Å². The number of Topliss-reactive ketones (excluding diaryl/α,β-unsaturated/α-hetero) is 1. The van der Waals surface area contributed by atoms with Crippen molar-refractivity contribution in [3.05, 3.63) is 54.1 Å². The number of rotatable bonds is 6. The Labute approximate surface area is 154 Å². The number of ether oxygens (including phenoxy) is 1. The van der Waals surface area contributed by atoms with Gasteiger partial charge in [0.05, 0.1) is 22.9 Å². The topological polar surface area (TPSA) is 72.3 Å². The van der Waals surface area contributed by atoms with Crippen LogP contribution in [0.3, 0.4) is 0 Å². The molecule has 0 aliphatic heterocycles. The van der Waals surface area contributed by atoms with Gasteiger partial charge in [0.1, 0.15) is 5.75 Å². The lowest BCUT2D eigenvalue weighted by Crippen LogP contribution is -2.14. The van der Waals surface area contributed by atoms with Crippen molar-refractivity contribution in [1.29, 1.82) is 0 Å². The third kappa shape index (κ3) is 2.94. The molecule has 0 spiro atoms. The van der Waals surface area contributed by atoms with Gasteiger partial charge in [-0.25, -0.2) is 10.1 Å². The fourth-order valence-electron chi connectivity index (χ4n) is 2.85. The number of ketones is 1. The highest BCUT2D eigenvalue weighted by molar-refractivity contribution is 8.00. The van der Waals surface area contributed by atoms with E-state index in [9.17, 15) is 4.79 Å². The van der Waals surface area contributed by atoms with Crippen molar-refractivity contribution in [3.63, 3.8) is 0 Å².